The normalized spacial score (nSPS) is 10.9. The number of aromatic nitrogens is 2. The van der Waals surface area contributed by atoms with Crippen molar-refractivity contribution in [1.82, 2.24) is 9.97 Å². The summed E-state index contributed by atoms with van der Waals surface area (Å²) in [5, 5.41) is 3.21. The molecule has 0 spiro atoms. The van der Waals surface area contributed by atoms with E-state index in [-0.39, 0.29) is 0 Å². The molecule has 0 unspecified atom stereocenters. The third-order valence-electron chi connectivity index (χ3n) is 2.18. The standard InChI is InChI=1S/C13H23N3O/c1-10(2)9-17-7-5-6-14-13-15-11(3)8-12(4)16-13/h8,10H,5-7,9H2,1-4H3,(H,14,15,16). The van der Waals surface area contributed by atoms with Gasteiger partial charge in [-0.3, -0.25) is 0 Å². The number of nitrogens with one attached hydrogen (secondary N) is 1. The fraction of sp³-hybridized carbons (Fsp3) is 0.692. The average molecular weight is 237 g/mol. The molecule has 1 N–H and O–H groups in total. The van der Waals surface area contributed by atoms with Crippen LogP contribution >= 0.6 is 0 Å². The first-order valence-corrected chi connectivity index (χ1v) is 6.22. The fourth-order valence-electron chi connectivity index (χ4n) is 1.50. The minimum Gasteiger partial charge on any atom is -0.381 e. The highest BCUT2D eigenvalue weighted by atomic mass is 16.5. The Balaban J connectivity index is 2.18. The van der Waals surface area contributed by atoms with Crippen LogP contribution in [0.3, 0.4) is 0 Å². The van der Waals surface area contributed by atoms with Gasteiger partial charge in [0.1, 0.15) is 0 Å². The van der Waals surface area contributed by atoms with E-state index in [1.165, 1.54) is 0 Å². The highest BCUT2D eigenvalue weighted by Crippen LogP contribution is 2.03. The summed E-state index contributed by atoms with van der Waals surface area (Å²) in [5.74, 6) is 1.32. The molecular weight excluding hydrogens is 214 g/mol. The lowest BCUT2D eigenvalue weighted by Gasteiger charge is -2.08. The first-order chi connectivity index (χ1) is 8.08. The van der Waals surface area contributed by atoms with E-state index in [0.717, 1.165) is 37.6 Å². The van der Waals surface area contributed by atoms with Crippen LogP contribution in [-0.2, 0) is 4.74 Å². The summed E-state index contributed by atoms with van der Waals surface area (Å²) in [7, 11) is 0. The van der Waals surface area contributed by atoms with Gasteiger partial charge in [0.15, 0.2) is 0 Å². The molecule has 1 heterocycles. The van der Waals surface area contributed by atoms with Gasteiger partial charge in [0, 0.05) is 31.1 Å². The van der Waals surface area contributed by atoms with Gasteiger partial charge in [-0.05, 0) is 32.3 Å². The van der Waals surface area contributed by atoms with Crippen molar-refractivity contribution in [2.24, 2.45) is 5.92 Å². The van der Waals surface area contributed by atoms with Crippen molar-refractivity contribution in [2.75, 3.05) is 25.1 Å². The van der Waals surface area contributed by atoms with Gasteiger partial charge in [-0.15, -0.1) is 0 Å². The number of anilines is 1. The number of nitrogens with zero attached hydrogens (tertiary/aromatic N) is 2. The number of aryl methyl sites for hydroxylation is 2. The van der Waals surface area contributed by atoms with Crippen LogP contribution in [0.4, 0.5) is 5.95 Å². The smallest absolute Gasteiger partial charge is 0.223 e. The second kappa shape index (κ2) is 7.22. The Hall–Kier alpha value is -1.16. The number of hydrogen-bond donors (Lipinski definition) is 1. The molecule has 0 aliphatic carbocycles. The topological polar surface area (TPSA) is 47.0 Å². The molecule has 0 saturated carbocycles. The lowest BCUT2D eigenvalue weighted by molar-refractivity contribution is 0.110. The van der Waals surface area contributed by atoms with Crippen LogP contribution in [0.5, 0.6) is 0 Å². The molecule has 1 aromatic heterocycles. The zero-order valence-corrected chi connectivity index (χ0v) is 11.3. The summed E-state index contributed by atoms with van der Waals surface area (Å²) in [6.45, 7) is 10.7. The Morgan fingerprint density at radius 1 is 1.24 bits per heavy atom. The number of rotatable bonds is 7. The molecule has 1 aromatic rings. The fourth-order valence-corrected chi connectivity index (χ4v) is 1.50. The third-order valence-corrected chi connectivity index (χ3v) is 2.18. The molecule has 0 saturated heterocycles. The summed E-state index contributed by atoms with van der Waals surface area (Å²) in [6.07, 6.45) is 0.975. The predicted octanol–water partition coefficient (Wildman–Crippen LogP) is 2.57. The van der Waals surface area contributed by atoms with Crippen LogP contribution < -0.4 is 5.32 Å². The van der Waals surface area contributed by atoms with Gasteiger partial charge in [-0.1, -0.05) is 13.8 Å². The largest absolute Gasteiger partial charge is 0.381 e. The van der Waals surface area contributed by atoms with Crippen LogP contribution in [0, 0.1) is 19.8 Å². The Labute approximate surface area is 104 Å². The highest BCUT2D eigenvalue weighted by molar-refractivity contribution is 5.27. The molecule has 0 aromatic carbocycles. The van der Waals surface area contributed by atoms with Crippen molar-refractivity contribution < 1.29 is 4.74 Å². The number of hydrogen-bond acceptors (Lipinski definition) is 4. The van der Waals surface area contributed by atoms with Crippen molar-refractivity contribution in [3.8, 4) is 0 Å². The number of ether oxygens (including phenoxy) is 1. The van der Waals surface area contributed by atoms with Crippen LogP contribution in [0.1, 0.15) is 31.7 Å². The molecular formula is C13H23N3O. The van der Waals surface area contributed by atoms with E-state index in [2.05, 4.69) is 29.1 Å². The molecule has 0 aliphatic rings. The zero-order valence-electron chi connectivity index (χ0n) is 11.3. The Morgan fingerprint density at radius 2 is 1.88 bits per heavy atom. The maximum Gasteiger partial charge on any atom is 0.223 e. The quantitative estimate of drug-likeness (QED) is 0.740. The van der Waals surface area contributed by atoms with Crippen LogP contribution in [0.15, 0.2) is 6.07 Å². The SMILES string of the molecule is Cc1cc(C)nc(NCCCOCC(C)C)n1. The minimum atomic E-state index is 0.603. The van der Waals surface area contributed by atoms with Gasteiger partial charge in [0.05, 0.1) is 0 Å². The first-order valence-electron chi connectivity index (χ1n) is 6.22. The van der Waals surface area contributed by atoms with E-state index < -0.39 is 0 Å². The predicted molar refractivity (Wildman–Crippen MR) is 70.3 cm³/mol. The molecule has 0 bridgehead atoms. The van der Waals surface area contributed by atoms with E-state index in [1.807, 2.05) is 19.9 Å². The van der Waals surface area contributed by atoms with Gasteiger partial charge in [-0.25, -0.2) is 9.97 Å². The van der Waals surface area contributed by atoms with E-state index in [1.54, 1.807) is 0 Å². The van der Waals surface area contributed by atoms with E-state index >= 15 is 0 Å². The molecule has 17 heavy (non-hydrogen) atoms. The second-order valence-corrected chi connectivity index (χ2v) is 4.72. The van der Waals surface area contributed by atoms with Crippen molar-refractivity contribution >= 4 is 5.95 Å². The van der Waals surface area contributed by atoms with Gasteiger partial charge < -0.3 is 10.1 Å². The zero-order chi connectivity index (χ0) is 12.7. The summed E-state index contributed by atoms with van der Waals surface area (Å²) in [6, 6.07) is 1.97. The van der Waals surface area contributed by atoms with Crippen LogP contribution in [0.25, 0.3) is 0 Å². The molecule has 0 atom stereocenters. The molecule has 0 amide bonds. The maximum atomic E-state index is 5.50. The molecule has 0 fully saturated rings. The van der Waals surface area contributed by atoms with Crippen LogP contribution in [-0.4, -0.2) is 29.7 Å². The van der Waals surface area contributed by atoms with E-state index in [9.17, 15) is 0 Å². The molecule has 4 nitrogen and oxygen atoms in total. The molecule has 1 rings (SSSR count). The van der Waals surface area contributed by atoms with Crippen molar-refractivity contribution in [1.29, 1.82) is 0 Å². The molecule has 96 valence electrons. The average Bonchev–Trinajstić information content (AvgIpc) is 2.21. The summed E-state index contributed by atoms with van der Waals surface area (Å²) in [5.41, 5.74) is 1.99. The van der Waals surface area contributed by atoms with Gasteiger partial charge in [0.2, 0.25) is 5.95 Å². The Morgan fingerprint density at radius 3 is 2.47 bits per heavy atom. The van der Waals surface area contributed by atoms with Crippen molar-refractivity contribution in [2.45, 2.75) is 34.1 Å². The van der Waals surface area contributed by atoms with Crippen molar-refractivity contribution in [3.05, 3.63) is 17.5 Å². The minimum absolute atomic E-state index is 0.603. The van der Waals surface area contributed by atoms with Gasteiger partial charge >= 0.3 is 0 Å². The summed E-state index contributed by atoms with van der Waals surface area (Å²) >= 11 is 0. The monoisotopic (exact) mass is 237 g/mol. The van der Waals surface area contributed by atoms with Gasteiger partial charge in [0.25, 0.3) is 0 Å². The molecule has 0 radical (unpaired) electrons. The first kappa shape index (κ1) is 13.9. The molecule has 4 heteroatoms. The lowest BCUT2D eigenvalue weighted by Crippen LogP contribution is -2.10. The highest BCUT2D eigenvalue weighted by Gasteiger charge is 1.98. The van der Waals surface area contributed by atoms with Crippen molar-refractivity contribution in [3.63, 3.8) is 0 Å². The van der Waals surface area contributed by atoms with E-state index in [4.69, 9.17) is 4.74 Å². The Kier molecular flexibility index (Phi) is 5.91. The Bertz CT molecular complexity index is 319. The summed E-state index contributed by atoms with van der Waals surface area (Å²) < 4.78 is 5.50. The lowest BCUT2D eigenvalue weighted by atomic mass is 10.2. The van der Waals surface area contributed by atoms with Crippen LogP contribution in [0.2, 0.25) is 0 Å². The third kappa shape index (κ3) is 6.22. The maximum absolute atomic E-state index is 5.50. The molecule has 0 aliphatic heterocycles. The van der Waals surface area contributed by atoms with E-state index in [0.29, 0.717) is 11.9 Å². The summed E-state index contributed by atoms with van der Waals surface area (Å²) in [4.78, 5) is 8.63. The second-order valence-electron chi connectivity index (χ2n) is 4.72. The van der Waals surface area contributed by atoms with Gasteiger partial charge in [-0.2, -0.15) is 0 Å².